The van der Waals surface area contributed by atoms with E-state index in [0.717, 1.165) is 31.9 Å². The summed E-state index contributed by atoms with van der Waals surface area (Å²) in [5, 5.41) is 2.78. The third-order valence-electron chi connectivity index (χ3n) is 3.44. The molecule has 1 aromatic heterocycles. The predicted octanol–water partition coefficient (Wildman–Crippen LogP) is 0.210. The number of nitrogens with one attached hydrogen (secondary N) is 1. The summed E-state index contributed by atoms with van der Waals surface area (Å²) in [7, 11) is 3.73. The average molecular weight is 278 g/mol. The van der Waals surface area contributed by atoms with Gasteiger partial charge in [0, 0.05) is 51.7 Å². The average Bonchev–Trinajstić information content (AvgIpc) is 2.48. The molecule has 0 unspecified atom stereocenters. The Hall–Kier alpha value is -1.66. The molecule has 0 saturated carbocycles. The van der Waals surface area contributed by atoms with Crippen molar-refractivity contribution in [2.75, 3.05) is 58.4 Å². The number of amides is 1. The minimum atomic E-state index is -0.155. The number of anilines is 1. The smallest absolute Gasteiger partial charge is 0.270 e. The lowest BCUT2D eigenvalue weighted by molar-refractivity contribution is 0.0932. The summed E-state index contributed by atoms with van der Waals surface area (Å²) in [4.78, 5) is 20.7. The van der Waals surface area contributed by atoms with E-state index in [1.54, 1.807) is 13.3 Å². The van der Waals surface area contributed by atoms with Gasteiger partial charge < -0.3 is 19.9 Å². The molecule has 0 atom stereocenters. The molecule has 0 spiro atoms. The number of piperazine rings is 1. The van der Waals surface area contributed by atoms with E-state index in [1.165, 1.54) is 0 Å². The Morgan fingerprint density at radius 2 is 2.15 bits per heavy atom. The van der Waals surface area contributed by atoms with Crippen molar-refractivity contribution in [3.05, 3.63) is 24.0 Å². The molecular formula is C14H22N4O2. The topological polar surface area (TPSA) is 57.7 Å². The van der Waals surface area contributed by atoms with E-state index in [9.17, 15) is 4.79 Å². The van der Waals surface area contributed by atoms with Crippen LogP contribution in [-0.2, 0) is 4.74 Å². The molecule has 0 aromatic carbocycles. The minimum absolute atomic E-state index is 0.155. The van der Waals surface area contributed by atoms with Gasteiger partial charge in [-0.15, -0.1) is 0 Å². The third-order valence-corrected chi connectivity index (χ3v) is 3.44. The molecule has 1 saturated heterocycles. The SMILES string of the molecule is COCCNC(=O)c1cc(N2CCN(C)CC2)ccn1. The first-order valence-corrected chi connectivity index (χ1v) is 6.87. The van der Waals surface area contributed by atoms with Crippen molar-refractivity contribution in [2.45, 2.75) is 0 Å². The Morgan fingerprint density at radius 3 is 2.85 bits per heavy atom. The lowest BCUT2D eigenvalue weighted by atomic mass is 10.2. The van der Waals surface area contributed by atoms with Crippen LogP contribution in [0.1, 0.15) is 10.5 Å². The number of carbonyl (C=O) groups is 1. The Labute approximate surface area is 119 Å². The highest BCUT2D eigenvalue weighted by Gasteiger charge is 2.16. The Balaban J connectivity index is 1.98. The van der Waals surface area contributed by atoms with Crippen LogP contribution >= 0.6 is 0 Å². The number of likely N-dealkylation sites (N-methyl/N-ethyl adjacent to an activating group) is 1. The lowest BCUT2D eigenvalue weighted by Gasteiger charge is -2.34. The van der Waals surface area contributed by atoms with Gasteiger partial charge in [-0.05, 0) is 19.2 Å². The molecule has 1 fully saturated rings. The summed E-state index contributed by atoms with van der Waals surface area (Å²) in [5.74, 6) is -0.155. The van der Waals surface area contributed by atoms with Gasteiger partial charge in [0.25, 0.3) is 5.91 Å². The van der Waals surface area contributed by atoms with Crippen LogP contribution in [-0.4, -0.2) is 69.3 Å². The molecule has 0 aliphatic carbocycles. The highest BCUT2D eigenvalue weighted by molar-refractivity contribution is 5.93. The van der Waals surface area contributed by atoms with Crippen LogP contribution in [0.5, 0.6) is 0 Å². The van der Waals surface area contributed by atoms with Gasteiger partial charge in [0.05, 0.1) is 6.61 Å². The number of hydrogen-bond donors (Lipinski definition) is 1. The van der Waals surface area contributed by atoms with Crippen molar-refractivity contribution < 1.29 is 9.53 Å². The molecule has 6 heteroatoms. The standard InChI is InChI=1S/C14H22N4O2/c1-17-6-8-18(9-7-17)12-3-4-15-13(11-12)14(19)16-5-10-20-2/h3-4,11H,5-10H2,1-2H3,(H,16,19). The molecule has 6 nitrogen and oxygen atoms in total. The summed E-state index contributed by atoms with van der Waals surface area (Å²) >= 11 is 0. The van der Waals surface area contributed by atoms with E-state index < -0.39 is 0 Å². The molecule has 1 amide bonds. The van der Waals surface area contributed by atoms with Crippen LogP contribution in [0.3, 0.4) is 0 Å². The van der Waals surface area contributed by atoms with Crippen LogP contribution in [0, 0.1) is 0 Å². The summed E-state index contributed by atoms with van der Waals surface area (Å²) in [6.07, 6.45) is 1.69. The van der Waals surface area contributed by atoms with E-state index >= 15 is 0 Å². The second-order valence-corrected chi connectivity index (χ2v) is 4.94. The van der Waals surface area contributed by atoms with Crippen molar-refractivity contribution in [1.82, 2.24) is 15.2 Å². The molecule has 20 heavy (non-hydrogen) atoms. The van der Waals surface area contributed by atoms with Crippen LogP contribution in [0.4, 0.5) is 5.69 Å². The number of ether oxygens (including phenoxy) is 1. The highest BCUT2D eigenvalue weighted by atomic mass is 16.5. The van der Waals surface area contributed by atoms with Gasteiger partial charge in [0.1, 0.15) is 5.69 Å². The fourth-order valence-corrected chi connectivity index (χ4v) is 2.16. The second kappa shape index (κ2) is 7.21. The van der Waals surface area contributed by atoms with Gasteiger partial charge >= 0.3 is 0 Å². The maximum Gasteiger partial charge on any atom is 0.270 e. The fourth-order valence-electron chi connectivity index (χ4n) is 2.16. The number of carbonyl (C=O) groups excluding carboxylic acids is 1. The van der Waals surface area contributed by atoms with Crippen LogP contribution in [0.25, 0.3) is 0 Å². The minimum Gasteiger partial charge on any atom is -0.383 e. The van der Waals surface area contributed by atoms with Crippen molar-refractivity contribution in [1.29, 1.82) is 0 Å². The van der Waals surface area contributed by atoms with Gasteiger partial charge in [-0.3, -0.25) is 9.78 Å². The van der Waals surface area contributed by atoms with Crippen LogP contribution in [0.2, 0.25) is 0 Å². The zero-order valence-electron chi connectivity index (χ0n) is 12.1. The zero-order valence-corrected chi connectivity index (χ0v) is 12.1. The second-order valence-electron chi connectivity index (χ2n) is 4.94. The number of hydrogen-bond acceptors (Lipinski definition) is 5. The Bertz CT molecular complexity index is 445. The quantitative estimate of drug-likeness (QED) is 0.780. The highest BCUT2D eigenvalue weighted by Crippen LogP contribution is 2.16. The number of methoxy groups -OCH3 is 1. The first kappa shape index (κ1) is 14.7. The maximum atomic E-state index is 12.0. The summed E-state index contributed by atoms with van der Waals surface area (Å²) in [6, 6.07) is 3.81. The monoisotopic (exact) mass is 278 g/mol. The first-order valence-electron chi connectivity index (χ1n) is 6.87. The van der Waals surface area contributed by atoms with Gasteiger partial charge in [0.15, 0.2) is 0 Å². The van der Waals surface area contributed by atoms with E-state index in [0.29, 0.717) is 18.8 Å². The van der Waals surface area contributed by atoms with E-state index in [2.05, 4.69) is 27.1 Å². The number of aromatic nitrogens is 1. The number of pyridine rings is 1. The summed E-state index contributed by atoms with van der Waals surface area (Å²) in [6.45, 7) is 5.03. The molecular weight excluding hydrogens is 256 g/mol. The fraction of sp³-hybridized carbons (Fsp3) is 0.571. The lowest BCUT2D eigenvalue weighted by Crippen LogP contribution is -2.44. The van der Waals surface area contributed by atoms with E-state index in [1.807, 2.05) is 12.1 Å². The summed E-state index contributed by atoms with van der Waals surface area (Å²) < 4.78 is 4.91. The molecule has 110 valence electrons. The summed E-state index contributed by atoms with van der Waals surface area (Å²) in [5.41, 5.74) is 1.52. The molecule has 0 radical (unpaired) electrons. The molecule has 2 heterocycles. The van der Waals surface area contributed by atoms with Crippen molar-refractivity contribution in [3.63, 3.8) is 0 Å². The molecule has 2 rings (SSSR count). The molecule has 1 N–H and O–H groups in total. The van der Waals surface area contributed by atoms with Crippen LogP contribution in [0.15, 0.2) is 18.3 Å². The van der Waals surface area contributed by atoms with Crippen molar-refractivity contribution >= 4 is 11.6 Å². The van der Waals surface area contributed by atoms with Gasteiger partial charge in [-0.1, -0.05) is 0 Å². The van der Waals surface area contributed by atoms with Gasteiger partial charge in [-0.25, -0.2) is 0 Å². The molecule has 1 aromatic rings. The normalized spacial score (nSPS) is 16.2. The van der Waals surface area contributed by atoms with Crippen molar-refractivity contribution in [3.8, 4) is 0 Å². The number of nitrogens with zero attached hydrogens (tertiary/aromatic N) is 3. The van der Waals surface area contributed by atoms with Crippen molar-refractivity contribution in [2.24, 2.45) is 0 Å². The number of rotatable bonds is 5. The Kier molecular flexibility index (Phi) is 5.31. The third kappa shape index (κ3) is 3.91. The van der Waals surface area contributed by atoms with E-state index in [-0.39, 0.29) is 5.91 Å². The van der Waals surface area contributed by atoms with Crippen LogP contribution < -0.4 is 10.2 Å². The molecule has 1 aliphatic heterocycles. The maximum absolute atomic E-state index is 12.0. The Morgan fingerprint density at radius 1 is 1.40 bits per heavy atom. The first-order chi connectivity index (χ1) is 9.70. The predicted molar refractivity (Wildman–Crippen MR) is 78.2 cm³/mol. The molecule has 1 aliphatic rings. The van der Waals surface area contributed by atoms with Gasteiger partial charge in [-0.2, -0.15) is 0 Å². The van der Waals surface area contributed by atoms with E-state index in [4.69, 9.17) is 4.74 Å². The zero-order chi connectivity index (χ0) is 14.4. The van der Waals surface area contributed by atoms with Gasteiger partial charge in [0.2, 0.25) is 0 Å². The molecule has 0 bridgehead atoms. The largest absolute Gasteiger partial charge is 0.383 e.